The summed E-state index contributed by atoms with van der Waals surface area (Å²) in [6.45, 7) is 2.15. The Morgan fingerprint density at radius 1 is 0.432 bits per heavy atom. The molecule has 1 nitrogen and oxygen atoms in total. The van der Waals surface area contributed by atoms with Crippen LogP contribution >= 0.6 is 0 Å². The summed E-state index contributed by atoms with van der Waals surface area (Å²) in [4.78, 5) is 0. The first-order valence-corrected chi connectivity index (χ1v) is 15.1. The van der Waals surface area contributed by atoms with Crippen molar-refractivity contribution >= 4 is 54.3 Å². The van der Waals surface area contributed by atoms with Gasteiger partial charge in [0.25, 0.3) is 0 Å². The predicted octanol–water partition coefficient (Wildman–Crippen LogP) is 12.4. The molecule has 0 amide bonds. The van der Waals surface area contributed by atoms with Gasteiger partial charge in [-0.15, -0.1) is 0 Å². The lowest BCUT2D eigenvalue weighted by molar-refractivity contribution is 0.666. The van der Waals surface area contributed by atoms with E-state index in [4.69, 9.17) is 5.79 Å². The van der Waals surface area contributed by atoms with E-state index >= 15 is 0 Å². The van der Waals surface area contributed by atoms with Crippen LogP contribution in [-0.4, -0.2) is 0 Å². The summed E-state index contributed by atoms with van der Waals surface area (Å²) in [7, 11) is 0. The van der Waals surface area contributed by atoms with Crippen molar-refractivity contribution in [2.45, 2.75) is 6.92 Å². The van der Waals surface area contributed by atoms with Crippen molar-refractivity contribution in [3.63, 3.8) is 0 Å². The van der Waals surface area contributed by atoms with E-state index in [9.17, 15) is 0 Å². The monoisotopic (exact) mass is 561 g/mol. The van der Waals surface area contributed by atoms with Gasteiger partial charge in [-0.05, 0) is 109 Å². The highest BCUT2D eigenvalue weighted by molar-refractivity contribution is 6.22. The second-order valence-corrected chi connectivity index (χ2v) is 11.7. The van der Waals surface area contributed by atoms with Crippen molar-refractivity contribution in [1.29, 1.82) is 0 Å². The van der Waals surface area contributed by atoms with E-state index in [1.807, 2.05) is 30.3 Å². The molecule has 0 fully saturated rings. The second-order valence-electron chi connectivity index (χ2n) is 11.7. The van der Waals surface area contributed by atoms with Crippen LogP contribution < -0.4 is 0 Å². The molecule has 1 aromatic heterocycles. The Balaban J connectivity index is 1.30. The van der Waals surface area contributed by atoms with Crippen LogP contribution in [0.2, 0.25) is 0 Å². The molecule has 1 heteroatoms. The minimum atomic E-state index is 0.535. The Morgan fingerprint density at radius 3 is 1.82 bits per heavy atom. The molecule has 0 atom stereocenters. The normalized spacial score (nSPS) is 12.1. The molecule has 0 saturated heterocycles. The molecule has 8 aromatic carbocycles. The molecule has 0 radical (unpaired) electrons. The summed E-state index contributed by atoms with van der Waals surface area (Å²) in [6, 6.07) is 52.3. The van der Waals surface area contributed by atoms with Gasteiger partial charge in [-0.1, -0.05) is 121 Å². The van der Waals surface area contributed by atoms with Gasteiger partial charge in [0.05, 0.1) is 1.37 Å². The highest BCUT2D eigenvalue weighted by Crippen LogP contribution is 2.45. The second kappa shape index (κ2) is 9.69. The number of hydrogen-bond donors (Lipinski definition) is 0. The van der Waals surface area contributed by atoms with Crippen molar-refractivity contribution in [1.82, 2.24) is 0 Å². The van der Waals surface area contributed by atoms with Gasteiger partial charge in [0.1, 0.15) is 11.2 Å². The summed E-state index contributed by atoms with van der Waals surface area (Å²) in [5, 5.41) is 9.48. The summed E-state index contributed by atoms with van der Waals surface area (Å²) in [5.41, 5.74) is 10.3. The van der Waals surface area contributed by atoms with Gasteiger partial charge in [-0.3, -0.25) is 0 Å². The van der Waals surface area contributed by atoms with Crippen LogP contribution in [0.4, 0.5) is 0 Å². The quantitative estimate of drug-likeness (QED) is 0.196. The van der Waals surface area contributed by atoms with E-state index in [0.29, 0.717) is 6.04 Å². The Bertz CT molecular complexity index is 2570. The van der Waals surface area contributed by atoms with E-state index < -0.39 is 0 Å². The molecule has 0 bridgehead atoms. The van der Waals surface area contributed by atoms with E-state index in [1.54, 1.807) is 0 Å². The van der Waals surface area contributed by atoms with Crippen molar-refractivity contribution in [2.24, 2.45) is 0 Å². The Hall–Kier alpha value is -5.66. The first kappa shape index (κ1) is 23.9. The van der Waals surface area contributed by atoms with Crippen LogP contribution in [-0.2, 0) is 0 Å². The molecule has 0 unspecified atom stereocenters. The van der Waals surface area contributed by atoms with Gasteiger partial charge >= 0.3 is 0 Å². The first-order chi connectivity index (χ1) is 22.1. The molecule has 0 saturated carbocycles. The third-order valence-electron chi connectivity index (χ3n) is 9.05. The molecule has 44 heavy (non-hydrogen) atoms. The van der Waals surface area contributed by atoms with Gasteiger partial charge in [-0.25, -0.2) is 0 Å². The number of para-hydroxylation sites is 1. The van der Waals surface area contributed by atoms with E-state index in [-0.39, 0.29) is 0 Å². The molecule has 206 valence electrons. The fourth-order valence-electron chi connectivity index (χ4n) is 7.05. The summed E-state index contributed by atoms with van der Waals surface area (Å²) in [6.07, 6.45) is 0. The standard InChI is InChI=1S/C43H28O/c1-27-23-33(26-39-34-15-8-9-20-40(34)44-43(27)39)42-37-18-6-4-16-35(37)41(36-17-5-7-19-38(36)42)32-14-10-13-30(25-32)31-22-21-28-11-2-3-12-29(28)24-31/h2-26H,1H3/i2D. The maximum Gasteiger partial charge on any atom is 0.138 e. The molecular formula is C43H28O. The Labute approximate surface area is 257 Å². The number of benzene rings is 8. The third-order valence-corrected chi connectivity index (χ3v) is 9.05. The average Bonchev–Trinajstić information content (AvgIpc) is 3.46. The maximum atomic E-state index is 7.99. The van der Waals surface area contributed by atoms with Gasteiger partial charge in [0.15, 0.2) is 0 Å². The fourth-order valence-corrected chi connectivity index (χ4v) is 7.05. The van der Waals surface area contributed by atoms with Crippen molar-refractivity contribution in [2.75, 3.05) is 0 Å². The largest absolute Gasteiger partial charge is 0.456 e. The third kappa shape index (κ3) is 3.80. The molecule has 0 aliphatic rings. The average molecular weight is 562 g/mol. The van der Waals surface area contributed by atoms with Gasteiger partial charge in [0, 0.05) is 10.8 Å². The highest BCUT2D eigenvalue weighted by Gasteiger charge is 2.19. The van der Waals surface area contributed by atoms with Crippen LogP contribution in [0.1, 0.15) is 6.93 Å². The van der Waals surface area contributed by atoms with E-state index in [2.05, 4.69) is 122 Å². The van der Waals surface area contributed by atoms with E-state index in [0.717, 1.165) is 38.3 Å². The zero-order valence-electron chi connectivity index (χ0n) is 25.3. The minimum absolute atomic E-state index is 0.535. The van der Waals surface area contributed by atoms with Crippen LogP contribution in [0.25, 0.3) is 87.6 Å². The predicted molar refractivity (Wildman–Crippen MR) is 187 cm³/mol. The number of aryl methyl sites for hydroxylation is 1. The molecule has 0 N–H and O–H groups in total. The lowest BCUT2D eigenvalue weighted by Crippen LogP contribution is -1.92. The van der Waals surface area contributed by atoms with Crippen LogP contribution in [0.5, 0.6) is 0 Å². The summed E-state index contributed by atoms with van der Waals surface area (Å²) >= 11 is 0. The molecular weight excluding hydrogens is 532 g/mol. The molecule has 9 aromatic rings. The molecule has 0 aliphatic heterocycles. The fraction of sp³-hybridized carbons (Fsp3) is 0.0233. The molecule has 1 heterocycles. The SMILES string of the molecule is [2H]c1ccc2cc(-c3cccc(-c4c5ccccc5c(-c5cc(C)c6oc7ccccc7c6c5)c5ccccc45)c3)ccc2c1. The van der Waals surface area contributed by atoms with Gasteiger partial charge in [0.2, 0.25) is 0 Å². The first-order valence-electron chi connectivity index (χ1n) is 15.6. The molecule has 9 rings (SSSR count). The van der Waals surface area contributed by atoms with Crippen LogP contribution in [0.15, 0.2) is 156 Å². The van der Waals surface area contributed by atoms with Crippen molar-refractivity contribution in [3.8, 4) is 33.4 Å². The van der Waals surface area contributed by atoms with Crippen LogP contribution in [0.3, 0.4) is 0 Å². The summed E-state index contributed by atoms with van der Waals surface area (Å²) < 4.78 is 14.3. The highest BCUT2D eigenvalue weighted by atomic mass is 16.3. The number of furan rings is 1. The minimum Gasteiger partial charge on any atom is -0.456 e. The number of fused-ring (bicyclic) bond motifs is 6. The Kier molecular flexibility index (Phi) is 5.25. The number of hydrogen-bond acceptors (Lipinski definition) is 1. The van der Waals surface area contributed by atoms with E-state index in [1.165, 1.54) is 54.9 Å². The maximum absolute atomic E-state index is 7.99. The van der Waals surface area contributed by atoms with Crippen molar-refractivity contribution < 1.29 is 5.79 Å². The molecule has 0 aliphatic carbocycles. The molecule has 0 spiro atoms. The lowest BCUT2D eigenvalue weighted by atomic mass is 9.85. The zero-order valence-corrected chi connectivity index (χ0v) is 24.3. The Morgan fingerprint density at radius 2 is 1.07 bits per heavy atom. The number of rotatable bonds is 3. The smallest absolute Gasteiger partial charge is 0.138 e. The van der Waals surface area contributed by atoms with Gasteiger partial charge < -0.3 is 4.42 Å². The topological polar surface area (TPSA) is 13.1 Å². The summed E-state index contributed by atoms with van der Waals surface area (Å²) in [5.74, 6) is 0. The van der Waals surface area contributed by atoms with Crippen molar-refractivity contribution in [3.05, 3.63) is 157 Å². The zero-order chi connectivity index (χ0) is 30.1. The lowest BCUT2D eigenvalue weighted by Gasteiger charge is -2.18. The van der Waals surface area contributed by atoms with Crippen LogP contribution in [0, 0.1) is 6.92 Å². The van der Waals surface area contributed by atoms with Gasteiger partial charge in [-0.2, -0.15) is 0 Å².